The first-order valence-electron chi connectivity index (χ1n) is 6.24. The zero-order valence-electron chi connectivity index (χ0n) is 11.8. The Kier molecular flexibility index (Phi) is 5.67. The maximum absolute atomic E-state index is 12.1. The van der Waals surface area contributed by atoms with Crippen molar-refractivity contribution < 1.29 is 17.9 Å². The van der Waals surface area contributed by atoms with Crippen molar-refractivity contribution >= 4 is 15.9 Å². The van der Waals surface area contributed by atoms with Crippen LogP contribution in [-0.2, 0) is 21.4 Å². The maximum atomic E-state index is 12.1. The van der Waals surface area contributed by atoms with Gasteiger partial charge in [-0.25, -0.2) is 13.6 Å². The number of carbonyl (C=O) groups excluding carboxylic acids is 1. The van der Waals surface area contributed by atoms with Crippen molar-refractivity contribution in [3.8, 4) is 0 Å². The average molecular weight is 300 g/mol. The second kappa shape index (κ2) is 6.83. The van der Waals surface area contributed by atoms with Gasteiger partial charge >= 0.3 is 0 Å². The van der Waals surface area contributed by atoms with Crippen LogP contribution >= 0.6 is 0 Å². The fraction of sp³-hybridized carbons (Fsp3) is 0.462. The Morgan fingerprint density at radius 2 is 2.05 bits per heavy atom. The summed E-state index contributed by atoms with van der Waals surface area (Å²) in [6.45, 7) is 4.02. The summed E-state index contributed by atoms with van der Waals surface area (Å²) in [6, 6.07) is 4.27. The molecule has 3 N–H and O–H groups in total. The van der Waals surface area contributed by atoms with E-state index in [4.69, 9.17) is 9.88 Å². The minimum absolute atomic E-state index is 0.00603. The van der Waals surface area contributed by atoms with E-state index in [0.29, 0.717) is 5.56 Å². The zero-order chi connectivity index (χ0) is 15.3. The van der Waals surface area contributed by atoms with Gasteiger partial charge in [0.2, 0.25) is 10.0 Å². The Labute approximate surface area is 119 Å². The number of methoxy groups -OCH3 is 1. The average Bonchev–Trinajstić information content (AvgIpc) is 2.37. The van der Waals surface area contributed by atoms with Gasteiger partial charge in [-0.1, -0.05) is 6.92 Å². The molecule has 0 aromatic heterocycles. The summed E-state index contributed by atoms with van der Waals surface area (Å²) in [5, 5.41) is 7.90. The molecule has 0 radical (unpaired) electrons. The van der Waals surface area contributed by atoms with Crippen LogP contribution in [0.5, 0.6) is 0 Å². The molecule has 1 unspecified atom stereocenters. The normalized spacial score (nSPS) is 13.0. The molecule has 6 nitrogen and oxygen atoms in total. The van der Waals surface area contributed by atoms with Crippen molar-refractivity contribution in [2.75, 3.05) is 7.11 Å². The third-order valence-corrected chi connectivity index (χ3v) is 3.75. The minimum Gasteiger partial charge on any atom is -0.380 e. The molecule has 1 atom stereocenters. The molecule has 20 heavy (non-hydrogen) atoms. The summed E-state index contributed by atoms with van der Waals surface area (Å²) in [6.07, 6.45) is 0.783. The van der Waals surface area contributed by atoms with E-state index >= 15 is 0 Å². The van der Waals surface area contributed by atoms with E-state index in [-0.39, 0.29) is 29.0 Å². The molecular weight excluding hydrogens is 280 g/mol. The van der Waals surface area contributed by atoms with E-state index in [2.05, 4.69) is 5.32 Å². The van der Waals surface area contributed by atoms with Crippen LogP contribution in [0.3, 0.4) is 0 Å². The molecule has 1 amide bonds. The van der Waals surface area contributed by atoms with Crippen LogP contribution in [0.2, 0.25) is 0 Å². The molecule has 0 saturated heterocycles. The molecule has 0 aliphatic carbocycles. The number of primary sulfonamides is 1. The van der Waals surface area contributed by atoms with E-state index in [1.54, 1.807) is 6.07 Å². The van der Waals surface area contributed by atoms with Gasteiger partial charge in [-0.3, -0.25) is 4.79 Å². The Morgan fingerprint density at radius 3 is 2.55 bits per heavy atom. The standard InChI is InChI=1S/C13H20N2O4S/c1-4-9(2)15-13(16)11-5-10(8-19-3)6-12(7-11)20(14,17)18/h5-7,9H,4,8H2,1-3H3,(H,15,16)(H2,14,17,18). The maximum Gasteiger partial charge on any atom is 0.251 e. The summed E-state index contributed by atoms with van der Waals surface area (Å²) in [5.74, 6) is -0.331. The molecular formula is C13H20N2O4S. The van der Waals surface area contributed by atoms with Crippen LogP contribution in [-0.4, -0.2) is 27.5 Å². The highest BCUT2D eigenvalue weighted by Gasteiger charge is 2.15. The molecule has 0 aliphatic heterocycles. The smallest absolute Gasteiger partial charge is 0.251 e. The van der Waals surface area contributed by atoms with Gasteiger partial charge in [0.25, 0.3) is 5.91 Å². The SMILES string of the molecule is CCC(C)NC(=O)c1cc(COC)cc(S(N)(=O)=O)c1. The number of sulfonamides is 1. The number of rotatable bonds is 6. The highest BCUT2D eigenvalue weighted by atomic mass is 32.2. The van der Waals surface area contributed by atoms with Crippen molar-refractivity contribution in [3.05, 3.63) is 29.3 Å². The minimum atomic E-state index is -3.87. The first-order chi connectivity index (χ1) is 9.27. The molecule has 112 valence electrons. The van der Waals surface area contributed by atoms with Gasteiger partial charge in [0, 0.05) is 18.7 Å². The van der Waals surface area contributed by atoms with Crippen LogP contribution in [0.25, 0.3) is 0 Å². The van der Waals surface area contributed by atoms with E-state index in [0.717, 1.165) is 6.42 Å². The number of benzene rings is 1. The van der Waals surface area contributed by atoms with Crippen molar-refractivity contribution in [2.45, 2.75) is 37.8 Å². The second-order valence-electron chi connectivity index (χ2n) is 4.63. The van der Waals surface area contributed by atoms with Gasteiger partial charge < -0.3 is 10.1 Å². The third kappa shape index (κ3) is 4.59. The highest BCUT2D eigenvalue weighted by Crippen LogP contribution is 2.15. The van der Waals surface area contributed by atoms with Crippen molar-refractivity contribution in [2.24, 2.45) is 5.14 Å². The lowest BCUT2D eigenvalue weighted by Crippen LogP contribution is -2.32. The number of hydrogen-bond acceptors (Lipinski definition) is 4. The molecule has 0 aliphatic rings. The van der Waals surface area contributed by atoms with E-state index in [1.807, 2.05) is 13.8 Å². The number of amides is 1. The van der Waals surface area contributed by atoms with Gasteiger partial charge in [-0.05, 0) is 37.1 Å². The molecule has 7 heteroatoms. The summed E-state index contributed by atoms with van der Waals surface area (Å²) in [7, 11) is -2.38. The summed E-state index contributed by atoms with van der Waals surface area (Å²) < 4.78 is 27.9. The number of nitrogens with two attached hydrogens (primary N) is 1. The van der Waals surface area contributed by atoms with Gasteiger partial charge in [0.15, 0.2) is 0 Å². The molecule has 0 spiro atoms. The van der Waals surface area contributed by atoms with Crippen molar-refractivity contribution in [3.63, 3.8) is 0 Å². The van der Waals surface area contributed by atoms with E-state index in [9.17, 15) is 13.2 Å². The number of nitrogens with one attached hydrogen (secondary N) is 1. The molecule has 1 aromatic carbocycles. The second-order valence-corrected chi connectivity index (χ2v) is 6.19. The lowest BCUT2D eigenvalue weighted by atomic mass is 10.1. The number of hydrogen-bond donors (Lipinski definition) is 2. The van der Waals surface area contributed by atoms with Gasteiger partial charge in [-0.15, -0.1) is 0 Å². The Bertz CT molecular complexity index is 584. The van der Waals surface area contributed by atoms with Crippen molar-refractivity contribution in [1.82, 2.24) is 5.32 Å². The van der Waals surface area contributed by atoms with Crippen LogP contribution in [0, 0.1) is 0 Å². The van der Waals surface area contributed by atoms with E-state index < -0.39 is 10.0 Å². The predicted octanol–water partition coefficient (Wildman–Crippen LogP) is 1.01. The zero-order valence-corrected chi connectivity index (χ0v) is 12.7. The van der Waals surface area contributed by atoms with Gasteiger partial charge in [0.05, 0.1) is 11.5 Å². The summed E-state index contributed by atoms with van der Waals surface area (Å²) >= 11 is 0. The number of carbonyl (C=O) groups is 1. The quantitative estimate of drug-likeness (QED) is 0.819. The predicted molar refractivity (Wildman–Crippen MR) is 75.7 cm³/mol. The summed E-state index contributed by atoms with van der Waals surface area (Å²) in [5.41, 5.74) is 0.831. The van der Waals surface area contributed by atoms with Gasteiger partial charge in [0.1, 0.15) is 0 Å². The van der Waals surface area contributed by atoms with Crippen LogP contribution in [0.15, 0.2) is 23.1 Å². The summed E-state index contributed by atoms with van der Waals surface area (Å²) in [4.78, 5) is 12.0. The molecule has 0 bridgehead atoms. The molecule has 1 rings (SSSR count). The number of ether oxygens (including phenoxy) is 1. The Hall–Kier alpha value is -1.44. The van der Waals surface area contributed by atoms with Crippen LogP contribution in [0.1, 0.15) is 36.2 Å². The van der Waals surface area contributed by atoms with Crippen molar-refractivity contribution in [1.29, 1.82) is 0 Å². The molecule has 0 heterocycles. The van der Waals surface area contributed by atoms with E-state index in [1.165, 1.54) is 19.2 Å². The highest BCUT2D eigenvalue weighted by molar-refractivity contribution is 7.89. The van der Waals surface area contributed by atoms with Crippen LogP contribution < -0.4 is 10.5 Å². The lowest BCUT2D eigenvalue weighted by Gasteiger charge is -2.13. The molecule has 1 aromatic rings. The Balaban J connectivity index is 3.18. The fourth-order valence-electron chi connectivity index (χ4n) is 1.62. The van der Waals surface area contributed by atoms with Gasteiger partial charge in [-0.2, -0.15) is 0 Å². The fourth-order valence-corrected chi connectivity index (χ4v) is 2.22. The van der Waals surface area contributed by atoms with Crippen LogP contribution in [0.4, 0.5) is 0 Å². The molecule has 0 fully saturated rings. The lowest BCUT2D eigenvalue weighted by molar-refractivity contribution is 0.0938. The molecule has 0 saturated carbocycles. The Morgan fingerprint density at radius 1 is 1.40 bits per heavy atom. The largest absolute Gasteiger partial charge is 0.380 e. The third-order valence-electron chi connectivity index (χ3n) is 2.86. The topological polar surface area (TPSA) is 98.5 Å². The first kappa shape index (κ1) is 16.6. The monoisotopic (exact) mass is 300 g/mol. The first-order valence-corrected chi connectivity index (χ1v) is 7.79.